The van der Waals surface area contributed by atoms with E-state index in [2.05, 4.69) is 24.8 Å². The average molecular weight is 631 g/mol. The van der Waals surface area contributed by atoms with E-state index in [1.54, 1.807) is 26.2 Å². The first-order chi connectivity index (χ1) is 22.2. The summed E-state index contributed by atoms with van der Waals surface area (Å²) in [5.41, 5.74) is 4.25. The number of methoxy groups -OCH3 is 1. The molecule has 3 aromatic carbocycles. The molecule has 8 heteroatoms. The van der Waals surface area contributed by atoms with Gasteiger partial charge in [-0.3, -0.25) is 14.5 Å². The Hall–Kier alpha value is -3.91. The van der Waals surface area contributed by atoms with E-state index in [-0.39, 0.29) is 36.3 Å². The van der Waals surface area contributed by atoms with Crippen molar-refractivity contribution in [2.45, 2.75) is 83.7 Å². The van der Waals surface area contributed by atoms with Crippen LogP contribution in [-0.4, -0.2) is 60.8 Å². The third-order valence-electron chi connectivity index (χ3n) is 9.71. The van der Waals surface area contributed by atoms with Crippen LogP contribution in [0, 0.1) is 18.7 Å². The molecule has 2 aliphatic heterocycles. The summed E-state index contributed by atoms with van der Waals surface area (Å²) in [6.07, 6.45) is 5.43. The lowest BCUT2D eigenvalue weighted by Gasteiger charge is -2.35. The molecule has 1 N–H and O–H groups in total. The van der Waals surface area contributed by atoms with Crippen LogP contribution in [0.5, 0.6) is 11.5 Å². The molecule has 3 unspecified atom stereocenters. The van der Waals surface area contributed by atoms with Gasteiger partial charge < -0.3 is 19.5 Å². The molecule has 0 aromatic heterocycles. The lowest BCUT2D eigenvalue weighted by Crippen LogP contribution is -2.48. The van der Waals surface area contributed by atoms with Crippen LogP contribution in [-0.2, 0) is 22.4 Å². The molecule has 0 saturated carbocycles. The third-order valence-corrected chi connectivity index (χ3v) is 9.71. The average Bonchev–Trinajstić information content (AvgIpc) is 3.66. The van der Waals surface area contributed by atoms with Crippen LogP contribution in [0.2, 0.25) is 0 Å². The number of carboxylic acids is 1. The van der Waals surface area contributed by atoms with Crippen LogP contribution in [0.3, 0.4) is 0 Å². The molecule has 1 fully saturated rings. The van der Waals surface area contributed by atoms with E-state index in [0.29, 0.717) is 37.2 Å². The quantitative estimate of drug-likeness (QED) is 0.203. The number of carboxylic acid groups (broad SMARTS) is 1. The number of carbonyl (C=O) groups excluding carboxylic acids is 1. The smallest absolute Gasteiger partial charge is 0.308 e. The summed E-state index contributed by atoms with van der Waals surface area (Å²) in [4.78, 5) is 31.5. The van der Waals surface area contributed by atoms with Crippen molar-refractivity contribution in [3.05, 3.63) is 88.7 Å². The standard InChI is InChI=1S/C38H47FN2O5/c1-5-9-29(10-6-2)41(30-15-16-32(39)25(3)21-30)36(42)24-40-23-31(27-14-18-35-28(22-27)19-20-46-35)37(38(43)44)33(40)17-13-26-11-7-8-12-34(26)45-4/h7-8,11-12,14-16,18,21-22,29,31,33,37H,5-6,9-10,13,17,19-20,23-24H2,1-4H3,(H,43,44). The number of fused-ring (bicyclic) bond motifs is 1. The summed E-state index contributed by atoms with van der Waals surface area (Å²) in [7, 11) is 1.64. The highest BCUT2D eigenvalue weighted by atomic mass is 19.1. The number of rotatable bonds is 14. The van der Waals surface area contributed by atoms with Gasteiger partial charge in [-0.15, -0.1) is 0 Å². The molecule has 2 heterocycles. The Morgan fingerprint density at radius 3 is 2.54 bits per heavy atom. The van der Waals surface area contributed by atoms with Gasteiger partial charge in [0.05, 0.1) is 26.2 Å². The number of ether oxygens (including phenoxy) is 2. The molecule has 2 aliphatic rings. The molecule has 7 nitrogen and oxygen atoms in total. The van der Waals surface area contributed by atoms with Gasteiger partial charge in [0.1, 0.15) is 17.3 Å². The predicted octanol–water partition coefficient (Wildman–Crippen LogP) is 7.18. The monoisotopic (exact) mass is 630 g/mol. The maximum absolute atomic E-state index is 14.5. The van der Waals surface area contributed by atoms with Crippen LogP contribution in [0.1, 0.15) is 74.1 Å². The summed E-state index contributed by atoms with van der Waals surface area (Å²) in [6, 6.07) is 18.3. The number of aryl methyl sites for hydroxylation is 2. The Bertz CT molecular complexity index is 1520. The Morgan fingerprint density at radius 2 is 1.85 bits per heavy atom. The van der Waals surface area contributed by atoms with Crippen LogP contribution in [0.25, 0.3) is 0 Å². The van der Waals surface area contributed by atoms with Gasteiger partial charge in [0.25, 0.3) is 0 Å². The number of para-hydroxylation sites is 1. The first-order valence-electron chi connectivity index (χ1n) is 16.7. The molecular weight excluding hydrogens is 583 g/mol. The second-order valence-electron chi connectivity index (χ2n) is 12.7. The summed E-state index contributed by atoms with van der Waals surface area (Å²) in [5.74, 6) is -0.619. The molecule has 1 amide bonds. The minimum atomic E-state index is -0.859. The van der Waals surface area contributed by atoms with Gasteiger partial charge in [-0.2, -0.15) is 0 Å². The molecule has 3 aromatic rings. The van der Waals surface area contributed by atoms with E-state index in [9.17, 15) is 19.1 Å². The van der Waals surface area contributed by atoms with Crippen molar-refractivity contribution in [1.29, 1.82) is 0 Å². The van der Waals surface area contributed by atoms with Crippen molar-refractivity contribution < 1.29 is 28.6 Å². The first-order valence-corrected chi connectivity index (χ1v) is 16.7. The number of carbonyl (C=O) groups is 2. The number of likely N-dealkylation sites (tertiary alicyclic amines) is 1. The molecule has 5 rings (SSSR count). The summed E-state index contributed by atoms with van der Waals surface area (Å²) >= 11 is 0. The van der Waals surface area contributed by atoms with Gasteiger partial charge in [0, 0.05) is 36.7 Å². The fourth-order valence-electron chi connectivity index (χ4n) is 7.50. The van der Waals surface area contributed by atoms with Gasteiger partial charge in [-0.25, -0.2) is 4.39 Å². The lowest BCUT2D eigenvalue weighted by atomic mass is 9.83. The number of aliphatic carboxylic acids is 1. The number of benzene rings is 3. The topological polar surface area (TPSA) is 79.3 Å². The number of amides is 1. The van der Waals surface area contributed by atoms with Crippen LogP contribution >= 0.6 is 0 Å². The van der Waals surface area contributed by atoms with Gasteiger partial charge in [0.15, 0.2) is 0 Å². The van der Waals surface area contributed by atoms with E-state index in [1.807, 2.05) is 41.3 Å². The normalized spacial score (nSPS) is 19.2. The van der Waals surface area contributed by atoms with Gasteiger partial charge in [-0.05, 0) is 85.2 Å². The number of nitrogens with zero attached hydrogens (tertiary/aromatic N) is 2. The maximum atomic E-state index is 14.5. The molecule has 0 aliphatic carbocycles. The molecule has 3 atom stereocenters. The molecule has 1 saturated heterocycles. The molecule has 0 bridgehead atoms. The Morgan fingerprint density at radius 1 is 1.09 bits per heavy atom. The first kappa shape index (κ1) is 33.5. The van der Waals surface area contributed by atoms with Crippen molar-refractivity contribution >= 4 is 17.6 Å². The van der Waals surface area contributed by atoms with Crippen molar-refractivity contribution in [1.82, 2.24) is 4.90 Å². The third kappa shape index (κ3) is 7.22. The Labute approximate surface area is 272 Å². The van der Waals surface area contributed by atoms with E-state index >= 15 is 0 Å². The molecule has 46 heavy (non-hydrogen) atoms. The molecule has 0 spiro atoms. The van der Waals surface area contributed by atoms with E-state index in [4.69, 9.17) is 9.47 Å². The highest BCUT2D eigenvalue weighted by Crippen LogP contribution is 2.42. The summed E-state index contributed by atoms with van der Waals surface area (Å²) in [5, 5.41) is 10.7. The van der Waals surface area contributed by atoms with Gasteiger partial charge >= 0.3 is 5.97 Å². The lowest BCUT2D eigenvalue weighted by molar-refractivity contribution is -0.143. The SMILES string of the molecule is CCCC(CCC)N(C(=O)CN1CC(c2ccc3c(c2)CCO3)C(C(=O)O)C1CCc1ccccc1OC)c1ccc(F)c(C)c1. The van der Waals surface area contributed by atoms with Crippen LogP contribution < -0.4 is 14.4 Å². The molecule has 246 valence electrons. The predicted molar refractivity (Wildman–Crippen MR) is 178 cm³/mol. The minimum Gasteiger partial charge on any atom is -0.496 e. The second-order valence-corrected chi connectivity index (χ2v) is 12.7. The van der Waals surface area contributed by atoms with Crippen molar-refractivity contribution in [3.8, 4) is 11.5 Å². The Balaban J connectivity index is 1.50. The van der Waals surface area contributed by atoms with Gasteiger partial charge in [0.2, 0.25) is 5.91 Å². The highest BCUT2D eigenvalue weighted by Gasteiger charge is 2.47. The number of hydrogen-bond acceptors (Lipinski definition) is 5. The largest absolute Gasteiger partial charge is 0.496 e. The maximum Gasteiger partial charge on any atom is 0.308 e. The minimum absolute atomic E-state index is 0.0372. The summed E-state index contributed by atoms with van der Waals surface area (Å²) in [6.45, 7) is 7.09. The molecule has 0 radical (unpaired) electrons. The van der Waals surface area contributed by atoms with Crippen LogP contribution in [0.4, 0.5) is 10.1 Å². The highest BCUT2D eigenvalue weighted by molar-refractivity contribution is 5.95. The second kappa shape index (κ2) is 15.1. The zero-order chi connectivity index (χ0) is 32.8. The zero-order valence-electron chi connectivity index (χ0n) is 27.5. The van der Waals surface area contributed by atoms with Crippen LogP contribution in [0.15, 0.2) is 60.7 Å². The summed E-state index contributed by atoms with van der Waals surface area (Å²) < 4.78 is 25.7. The van der Waals surface area contributed by atoms with Crippen molar-refractivity contribution in [3.63, 3.8) is 0 Å². The number of hydrogen-bond donors (Lipinski definition) is 1. The van der Waals surface area contributed by atoms with Crippen molar-refractivity contribution in [2.75, 3.05) is 31.7 Å². The van der Waals surface area contributed by atoms with E-state index in [0.717, 1.165) is 60.3 Å². The van der Waals surface area contributed by atoms with Gasteiger partial charge in [-0.1, -0.05) is 57.0 Å². The number of halogens is 1. The fourth-order valence-corrected chi connectivity index (χ4v) is 7.50. The number of anilines is 1. The zero-order valence-corrected chi connectivity index (χ0v) is 27.5. The van der Waals surface area contributed by atoms with Crippen molar-refractivity contribution in [2.24, 2.45) is 5.92 Å². The molecular formula is C38H47FN2O5. The van der Waals surface area contributed by atoms with E-state index in [1.165, 1.54) is 6.07 Å². The fraction of sp³-hybridized carbons (Fsp3) is 0.474. The van der Waals surface area contributed by atoms with E-state index < -0.39 is 11.9 Å². The Kier molecular flexibility index (Phi) is 11.0.